The fourth-order valence-corrected chi connectivity index (χ4v) is 2.46. The number of hydrogen-bond acceptors (Lipinski definition) is 5. The monoisotopic (exact) mass is 342 g/mol. The Balaban J connectivity index is 1.94. The first kappa shape index (κ1) is 18.5. The molecule has 0 aliphatic rings. The Morgan fingerprint density at radius 1 is 1.08 bits per heavy atom. The van der Waals surface area contributed by atoms with Crippen molar-refractivity contribution in [3.05, 3.63) is 59.2 Å². The lowest BCUT2D eigenvalue weighted by molar-refractivity contribution is -0.119. The van der Waals surface area contributed by atoms with Crippen molar-refractivity contribution < 1.29 is 19.4 Å². The average Bonchev–Trinajstić information content (AvgIpc) is 2.57. The van der Waals surface area contributed by atoms with E-state index in [4.69, 9.17) is 9.84 Å². The van der Waals surface area contributed by atoms with Gasteiger partial charge in [-0.05, 0) is 49.2 Å². The Kier molecular flexibility index (Phi) is 6.54. The van der Waals surface area contributed by atoms with E-state index in [0.717, 1.165) is 11.1 Å². The maximum Gasteiger partial charge on any atom is 0.340 e. The second-order valence-corrected chi connectivity index (χ2v) is 5.70. The summed E-state index contributed by atoms with van der Waals surface area (Å²) >= 11 is 0. The lowest BCUT2D eigenvalue weighted by Crippen LogP contribution is -2.21. The topological polar surface area (TPSA) is 87.7 Å². The summed E-state index contributed by atoms with van der Waals surface area (Å²) in [6, 6.07) is 12.5. The molecule has 2 rings (SSSR count). The van der Waals surface area contributed by atoms with E-state index < -0.39 is 11.9 Å². The van der Waals surface area contributed by atoms with Crippen LogP contribution in [0.3, 0.4) is 0 Å². The Morgan fingerprint density at radius 3 is 2.44 bits per heavy atom. The number of hydrogen-bond donors (Lipinski definition) is 3. The van der Waals surface area contributed by atoms with E-state index in [2.05, 4.69) is 10.6 Å². The fraction of sp³-hybridized carbons (Fsp3) is 0.263. The Morgan fingerprint density at radius 2 is 1.76 bits per heavy atom. The molecule has 0 heterocycles. The number of carbonyl (C=O) groups is 2. The first-order valence-corrected chi connectivity index (χ1v) is 7.98. The first-order valence-electron chi connectivity index (χ1n) is 7.98. The summed E-state index contributed by atoms with van der Waals surface area (Å²) in [7, 11) is 0. The maximum atomic E-state index is 12.2. The summed E-state index contributed by atoms with van der Waals surface area (Å²) < 4.78 is 5.09. The van der Waals surface area contributed by atoms with Gasteiger partial charge in [0.1, 0.15) is 0 Å². The third kappa shape index (κ3) is 5.61. The van der Waals surface area contributed by atoms with Crippen LogP contribution < -0.4 is 10.6 Å². The molecule has 2 aromatic carbocycles. The van der Waals surface area contributed by atoms with Crippen LogP contribution in [-0.4, -0.2) is 36.7 Å². The quantitative estimate of drug-likeness (QED) is 0.673. The zero-order valence-electron chi connectivity index (χ0n) is 14.3. The number of nitrogens with one attached hydrogen (secondary N) is 2. The number of esters is 1. The molecule has 6 heteroatoms. The Labute approximate surface area is 146 Å². The molecule has 0 fully saturated rings. The summed E-state index contributed by atoms with van der Waals surface area (Å²) in [5.41, 5.74) is 3.61. The van der Waals surface area contributed by atoms with E-state index >= 15 is 0 Å². The van der Waals surface area contributed by atoms with Crippen LogP contribution in [0.15, 0.2) is 42.5 Å². The first-order chi connectivity index (χ1) is 12.0. The summed E-state index contributed by atoms with van der Waals surface area (Å²) in [4.78, 5) is 24.2. The molecule has 0 bridgehead atoms. The predicted octanol–water partition coefficient (Wildman–Crippen LogP) is 2.50. The van der Waals surface area contributed by atoms with E-state index in [0.29, 0.717) is 23.5 Å². The van der Waals surface area contributed by atoms with Gasteiger partial charge in [-0.15, -0.1) is 0 Å². The highest BCUT2D eigenvalue weighted by Crippen LogP contribution is 2.16. The van der Waals surface area contributed by atoms with Crippen molar-refractivity contribution in [2.45, 2.75) is 13.8 Å². The van der Waals surface area contributed by atoms with E-state index in [9.17, 15) is 9.59 Å². The molecule has 1 amide bonds. The van der Waals surface area contributed by atoms with Gasteiger partial charge in [-0.25, -0.2) is 4.79 Å². The van der Waals surface area contributed by atoms with E-state index in [-0.39, 0.29) is 13.2 Å². The lowest BCUT2D eigenvalue weighted by Gasteiger charge is -2.11. The van der Waals surface area contributed by atoms with Gasteiger partial charge in [0.25, 0.3) is 5.91 Å². The summed E-state index contributed by atoms with van der Waals surface area (Å²) in [5, 5.41) is 14.5. The molecule has 6 nitrogen and oxygen atoms in total. The molecular weight excluding hydrogens is 320 g/mol. The van der Waals surface area contributed by atoms with Gasteiger partial charge in [-0.1, -0.05) is 18.2 Å². The number of rotatable bonds is 7. The van der Waals surface area contributed by atoms with Crippen molar-refractivity contribution in [1.29, 1.82) is 0 Å². The number of carbonyl (C=O) groups excluding carboxylic acids is 2. The summed E-state index contributed by atoms with van der Waals surface area (Å²) in [6.07, 6.45) is 0. The molecule has 2 aromatic rings. The highest BCUT2D eigenvalue weighted by Gasteiger charge is 2.14. The van der Waals surface area contributed by atoms with Gasteiger partial charge < -0.3 is 20.5 Å². The normalized spacial score (nSPS) is 10.2. The number of aryl methyl sites for hydroxylation is 2. The standard InChI is InChI=1S/C19H22N2O4/c1-13-9-14(2)11-15(10-13)21-18(23)12-25-19(24)16-5-3-4-6-17(16)20-7-8-22/h3-6,9-11,20,22H,7-8,12H2,1-2H3,(H,21,23). The van der Waals surface area contributed by atoms with Crippen LogP contribution in [0.25, 0.3) is 0 Å². The van der Waals surface area contributed by atoms with Gasteiger partial charge in [-0.3, -0.25) is 4.79 Å². The molecule has 3 N–H and O–H groups in total. The van der Waals surface area contributed by atoms with Gasteiger partial charge in [0, 0.05) is 17.9 Å². The van der Waals surface area contributed by atoms with Crippen molar-refractivity contribution in [1.82, 2.24) is 0 Å². The van der Waals surface area contributed by atoms with Gasteiger partial charge >= 0.3 is 5.97 Å². The fourth-order valence-electron chi connectivity index (χ4n) is 2.46. The zero-order valence-corrected chi connectivity index (χ0v) is 14.3. The minimum Gasteiger partial charge on any atom is -0.452 e. The SMILES string of the molecule is Cc1cc(C)cc(NC(=O)COC(=O)c2ccccc2NCCO)c1. The summed E-state index contributed by atoms with van der Waals surface area (Å²) in [5.74, 6) is -1.00. The molecule has 0 atom stereocenters. The molecule has 0 saturated heterocycles. The van der Waals surface area contributed by atoms with Crippen LogP contribution in [0, 0.1) is 13.8 Å². The Bertz CT molecular complexity index is 739. The molecular formula is C19H22N2O4. The van der Waals surface area contributed by atoms with E-state index in [1.54, 1.807) is 24.3 Å². The molecule has 132 valence electrons. The highest BCUT2D eigenvalue weighted by atomic mass is 16.5. The molecule has 0 saturated carbocycles. The number of para-hydroxylation sites is 1. The zero-order chi connectivity index (χ0) is 18.2. The molecule has 0 radical (unpaired) electrons. The molecule has 0 unspecified atom stereocenters. The van der Waals surface area contributed by atoms with Crippen LogP contribution in [0.2, 0.25) is 0 Å². The van der Waals surface area contributed by atoms with Crippen LogP contribution in [0.4, 0.5) is 11.4 Å². The van der Waals surface area contributed by atoms with E-state index in [1.807, 2.05) is 32.0 Å². The van der Waals surface area contributed by atoms with Gasteiger partial charge in [0.2, 0.25) is 0 Å². The molecule has 25 heavy (non-hydrogen) atoms. The highest BCUT2D eigenvalue weighted by molar-refractivity contribution is 5.98. The van der Waals surface area contributed by atoms with Crippen LogP contribution in [-0.2, 0) is 9.53 Å². The molecule has 0 aliphatic heterocycles. The lowest BCUT2D eigenvalue weighted by atomic mass is 10.1. The number of anilines is 2. The molecule has 0 aromatic heterocycles. The minimum atomic E-state index is -0.600. The van der Waals surface area contributed by atoms with E-state index in [1.165, 1.54) is 0 Å². The van der Waals surface area contributed by atoms with Gasteiger partial charge in [-0.2, -0.15) is 0 Å². The summed E-state index contributed by atoms with van der Waals surface area (Å²) in [6.45, 7) is 3.78. The van der Waals surface area contributed by atoms with Crippen LogP contribution in [0.1, 0.15) is 21.5 Å². The van der Waals surface area contributed by atoms with Crippen molar-refractivity contribution in [2.24, 2.45) is 0 Å². The third-order valence-corrected chi connectivity index (χ3v) is 3.41. The Hall–Kier alpha value is -2.86. The largest absolute Gasteiger partial charge is 0.452 e. The number of benzene rings is 2. The average molecular weight is 342 g/mol. The number of amides is 1. The second-order valence-electron chi connectivity index (χ2n) is 5.70. The van der Waals surface area contributed by atoms with Crippen molar-refractivity contribution in [3.8, 4) is 0 Å². The van der Waals surface area contributed by atoms with Gasteiger partial charge in [0.05, 0.1) is 12.2 Å². The predicted molar refractivity (Wildman–Crippen MR) is 96.8 cm³/mol. The maximum absolute atomic E-state index is 12.2. The smallest absolute Gasteiger partial charge is 0.340 e. The molecule has 0 aliphatic carbocycles. The number of aliphatic hydroxyl groups excluding tert-OH is 1. The van der Waals surface area contributed by atoms with Crippen molar-refractivity contribution >= 4 is 23.3 Å². The van der Waals surface area contributed by atoms with Gasteiger partial charge in [0.15, 0.2) is 6.61 Å². The van der Waals surface area contributed by atoms with Crippen LogP contribution >= 0.6 is 0 Å². The van der Waals surface area contributed by atoms with Crippen LogP contribution in [0.5, 0.6) is 0 Å². The third-order valence-electron chi connectivity index (χ3n) is 3.41. The minimum absolute atomic E-state index is 0.0539. The van der Waals surface area contributed by atoms with Crippen molar-refractivity contribution in [2.75, 3.05) is 30.4 Å². The van der Waals surface area contributed by atoms with Crippen molar-refractivity contribution in [3.63, 3.8) is 0 Å². The number of aliphatic hydroxyl groups is 1. The second kappa shape index (κ2) is 8.84. The molecule has 0 spiro atoms. The number of ether oxygens (including phenoxy) is 1.